The standard InChI is InChI=1S/C27H28N4O6S/c1-7-36-27(32)23-21(13-38-26-17(11-28)14(2)8-15(3)31-26)37-25(30)18(12-29)22(23)16-9-19(33-4)24(35-6)20(10-16)34-5/h8-10,22H,7,13,30H2,1-6H3/t22-/m1/s1. The zero-order chi connectivity index (χ0) is 28.0. The maximum atomic E-state index is 13.3. The molecular weight excluding hydrogens is 508 g/mol. The minimum Gasteiger partial charge on any atom is -0.493 e. The maximum absolute atomic E-state index is 13.3. The van der Waals surface area contributed by atoms with E-state index in [-0.39, 0.29) is 35.1 Å². The number of allylic oxidation sites excluding steroid dienone is 1. The summed E-state index contributed by atoms with van der Waals surface area (Å²) in [6.45, 7) is 5.44. The van der Waals surface area contributed by atoms with Crippen molar-refractivity contribution in [1.29, 1.82) is 10.5 Å². The van der Waals surface area contributed by atoms with E-state index in [4.69, 9.17) is 29.4 Å². The lowest BCUT2D eigenvalue weighted by atomic mass is 9.82. The van der Waals surface area contributed by atoms with Gasteiger partial charge in [-0.25, -0.2) is 9.78 Å². The molecule has 0 aliphatic carbocycles. The summed E-state index contributed by atoms with van der Waals surface area (Å²) in [5.74, 6) is -0.460. The van der Waals surface area contributed by atoms with Crippen LogP contribution in [0.4, 0.5) is 0 Å². The van der Waals surface area contributed by atoms with Crippen LogP contribution in [0.15, 0.2) is 46.0 Å². The number of esters is 1. The van der Waals surface area contributed by atoms with E-state index < -0.39 is 11.9 Å². The van der Waals surface area contributed by atoms with Gasteiger partial charge < -0.3 is 29.4 Å². The summed E-state index contributed by atoms with van der Waals surface area (Å²) in [5, 5.41) is 20.2. The summed E-state index contributed by atoms with van der Waals surface area (Å²) in [6, 6.07) is 9.36. The fourth-order valence-corrected chi connectivity index (χ4v) is 5.18. The molecule has 198 valence electrons. The van der Waals surface area contributed by atoms with Gasteiger partial charge in [0.2, 0.25) is 11.6 Å². The first-order valence-corrected chi connectivity index (χ1v) is 12.5. The Labute approximate surface area is 225 Å². The van der Waals surface area contributed by atoms with Gasteiger partial charge in [-0.05, 0) is 50.1 Å². The van der Waals surface area contributed by atoms with Crippen molar-refractivity contribution >= 4 is 17.7 Å². The fourth-order valence-electron chi connectivity index (χ4n) is 4.14. The molecule has 2 aromatic rings. The van der Waals surface area contributed by atoms with Crippen molar-refractivity contribution in [3.63, 3.8) is 0 Å². The second-order valence-corrected chi connectivity index (χ2v) is 9.07. The smallest absolute Gasteiger partial charge is 0.338 e. The number of thioether (sulfide) groups is 1. The average Bonchev–Trinajstić information content (AvgIpc) is 2.90. The fraction of sp³-hybridized carbons (Fsp3) is 0.333. The van der Waals surface area contributed by atoms with Gasteiger partial charge >= 0.3 is 5.97 Å². The molecule has 1 aromatic carbocycles. The van der Waals surface area contributed by atoms with Crippen molar-refractivity contribution in [3.8, 4) is 29.4 Å². The van der Waals surface area contributed by atoms with Crippen LogP contribution in [0.25, 0.3) is 0 Å². The van der Waals surface area contributed by atoms with Crippen molar-refractivity contribution < 1.29 is 28.5 Å². The molecule has 1 aromatic heterocycles. The minimum atomic E-state index is -0.945. The van der Waals surface area contributed by atoms with E-state index in [0.717, 1.165) is 11.3 Å². The van der Waals surface area contributed by atoms with Gasteiger partial charge in [-0.1, -0.05) is 11.8 Å². The first kappa shape index (κ1) is 28.2. The number of pyridine rings is 1. The number of carbonyl (C=O) groups excluding carboxylic acids is 1. The molecule has 1 aliphatic heterocycles. The van der Waals surface area contributed by atoms with Crippen LogP contribution < -0.4 is 19.9 Å². The number of nitrogens with zero attached hydrogens (tertiary/aromatic N) is 3. The van der Waals surface area contributed by atoms with Crippen molar-refractivity contribution in [2.24, 2.45) is 5.73 Å². The molecule has 2 heterocycles. The molecule has 0 radical (unpaired) electrons. The van der Waals surface area contributed by atoms with E-state index in [0.29, 0.717) is 33.4 Å². The predicted molar refractivity (Wildman–Crippen MR) is 140 cm³/mol. The number of nitrogens with two attached hydrogens (primary N) is 1. The Morgan fingerprint density at radius 3 is 2.29 bits per heavy atom. The molecule has 0 amide bonds. The summed E-state index contributed by atoms with van der Waals surface area (Å²) in [5.41, 5.74) is 8.76. The number of nitriles is 2. The van der Waals surface area contributed by atoms with Crippen molar-refractivity contribution in [1.82, 2.24) is 4.98 Å². The molecule has 0 unspecified atom stereocenters. The summed E-state index contributed by atoms with van der Waals surface area (Å²) < 4.78 is 27.6. The largest absolute Gasteiger partial charge is 0.493 e. The van der Waals surface area contributed by atoms with Gasteiger partial charge in [-0.15, -0.1) is 0 Å². The molecular formula is C27H28N4O6S. The maximum Gasteiger partial charge on any atom is 0.338 e. The zero-order valence-electron chi connectivity index (χ0n) is 22.0. The Balaban J connectivity index is 2.22. The second-order valence-electron chi connectivity index (χ2n) is 8.10. The quantitative estimate of drug-likeness (QED) is 0.366. The van der Waals surface area contributed by atoms with E-state index >= 15 is 0 Å². The minimum absolute atomic E-state index is 0.0262. The highest BCUT2D eigenvalue weighted by atomic mass is 32.2. The Hall–Kier alpha value is -4.35. The van der Waals surface area contributed by atoms with Gasteiger partial charge in [-0.3, -0.25) is 0 Å². The summed E-state index contributed by atoms with van der Waals surface area (Å²) >= 11 is 1.22. The topological polar surface area (TPSA) is 150 Å². The van der Waals surface area contributed by atoms with Crippen molar-refractivity contribution in [2.45, 2.75) is 31.7 Å². The Morgan fingerprint density at radius 1 is 1.11 bits per heavy atom. The van der Waals surface area contributed by atoms with Gasteiger partial charge in [-0.2, -0.15) is 10.5 Å². The zero-order valence-corrected chi connectivity index (χ0v) is 22.8. The predicted octanol–water partition coefficient (Wildman–Crippen LogP) is 4.01. The van der Waals surface area contributed by atoms with Crippen LogP contribution in [-0.2, 0) is 14.3 Å². The van der Waals surface area contributed by atoms with Crippen molar-refractivity contribution in [2.75, 3.05) is 33.7 Å². The lowest BCUT2D eigenvalue weighted by Gasteiger charge is -2.28. The lowest BCUT2D eigenvalue weighted by Crippen LogP contribution is -2.27. The van der Waals surface area contributed by atoms with Gasteiger partial charge in [0.25, 0.3) is 0 Å². The molecule has 2 N–H and O–H groups in total. The summed E-state index contributed by atoms with van der Waals surface area (Å²) in [4.78, 5) is 17.8. The second kappa shape index (κ2) is 12.3. The number of aromatic nitrogens is 1. The third-order valence-corrected chi connectivity index (χ3v) is 6.75. The van der Waals surface area contributed by atoms with Crippen LogP contribution >= 0.6 is 11.8 Å². The number of hydrogen-bond acceptors (Lipinski definition) is 11. The van der Waals surface area contributed by atoms with Crippen LogP contribution in [0.2, 0.25) is 0 Å². The average molecular weight is 537 g/mol. The molecule has 0 fully saturated rings. The van der Waals surface area contributed by atoms with E-state index in [1.54, 1.807) is 19.1 Å². The van der Waals surface area contributed by atoms with Crippen LogP contribution in [0.3, 0.4) is 0 Å². The Bertz CT molecular complexity index is 1380. The third kappa shape index (κ3) is 5.48. The third-order valence-electron chi connectivity index (χ3n) is 5.78. The molecule has 1 aliphatic rings. The van der Waals surface area contributed by atoms with Crippen LogP contribution in [-0.4, -0.2) is 44.6 Å². The highest BCUT2D eigenvalue weighted by Gasteiger charge is 2.38. The molecule has 0 saturated carbocycles. The van der Waals surface area contributed by atoms with E-state index in [1.807, 2.05) is 19.9 Å². The first-order valence-electron chi connectivity index (χ1n) is 11.5. The molecule has 10 nitrogen and oxygen atoms in total. The molecule has 38 heavy (non-hydrogen) atoms. The van der Waals surface area contributed by atoms with Crippen LogP contribution in [0.5, 0.6) is 17.2 Å². The molecule has 3 rings (SSSR count). The number of benzene rings is 1. The Morgan fingerprint density at radius 2 is 1.76 bits per heavy atom. The molecule has 0 bridgehead atoms. The number of hydrogen-bond donors (Lipinski definition) is 1. The number of rotatable bonds is 9. The number of ether oxygens (including phenoxy) is 5. The van der Waals surface area contributed by atoms with Gasteiger partial charge in [0.1, 0.15) is 28.5 Å². The highest BCUT2D eigenvalue weighted by Crippen LogP contribution is 2.46. The van der Waals surface area contributed by atoms with Gasteiger partial charge in [0.05, 0.1) is 50.7 Å². The number of aryl methyl sites for hydroxylation is 2. The monoisotopic (exact) mass is 536 g/mol. The Kier molecular flexibility index (Phi) is 9.11. The van der Waals surface area contributed by atoms with E-state index in [2.05, 4.69) is 17.1 Å². The van der Waals surface area contributed by atoms with Gasteiger partial charge in [0.15, 0.2) is 11.5 Å². The summed E-state index contributed by atoms with van der Waals surface area (Å²) in [7, 11) is 4.41. The number of carbonyl (C=O) groups is 1. The molecule has 11 heteroatoms. The molecule has 0 saturated heterocycles. The van der Waals surface area contributed by atoms with E-state index in [9.17, 15) is 15.3 Å². The van der Waals surface area contributed by atoms with Crippen LogP contribution in [0.1, 0.15) is 35.2 Å². The summed E-state index contributed by atoms with van der Waals surface area (Å²) in [6.07, 6.45) is 0. The molecule has 1 atom stereocenters. The number of methoxy groups -OCH3 is 3. The van der Waals surface area contributed by atoms with Gasteiger partial charge in [0, 0.05) is 5.69 Å². The van der Waals surface area contributed by atoms with Crippen LogP contribution in [0, 0.1) is 36.5 Å². The van der Waals surface area contributed by atoms with E-state index in [1.165, 1.54) is 33.1 Å². The molecule has 0 spiro atoms. The first-order chi connectivity index (χ1) is 18.2. The lowest BCUT2D eigenvalue weighted by molar-refractivity contribution is -0.139. The van der Waals surface area contributed by atoms with Crippen molar-refractivity contribution in [3.05, 3.63) is 63.4 Å². The normalized spacial score (nSPS) is 14.8. The SMILES string of the molecule is CCOC(=O)C1=C(CSc2nc(C)cc(C)c2C#N)OC(N)=C(C#N)[C@H]1c1cc(OC)c(OC)c(OC)c1. The highest BCUT2D eigenvalue weighted by molar-refractivity contribution is 7.99.